The van der Waals surface area contributed by atoms with Gasteiger partial charge >= 0.3 is 11.4 Å². The van der Waals surface area contributed by atoms with E-state index in [0.717, 1.165) is 25.0 Å². The minimum Gasteiger partial charge on any atom is -0.491 e. The third kappa shape index (κ3) is 7.81. The highest BCUT2D eigenvalue weighted by atomic mass is 35.5. The Hall–Kier alpha value is -0.620. The molecule has 0 heterocycles. The lowest BCUT2D eigenvalue weighted by molar-refractivity contribution is 0.0252. The summed E-state index contributed by atoms with van der Waals surface area (Å²) in [5, 5.41) is 0. The van der Waals surface area contributed by atoms with Crippen molar-refractivity contribution >= 4 is 23.0 Å². The van der Waals surface area contributed by atoms with Crippen LogP contribution in [-0.4, -0.2) is 22.0 Å². The van der Waals surface area contributed by atoms with E-state index in [4.69, 9.17) is 24.7 Å². The number of hydrogen-bond donors (Lipinski definition) is 0. The molecule has 0 N–H and O–H groups in total. The molecule has 0 saturated carbocycles. The molecular weight excluding hydrogens is 312 g/mol. The topological polar surface area (TPSA) is 44.8 Å². The van der Waals surface area contributed by atoms with Gasteiger partial charge in [0.1, 0.15) is 23.5 Å². The molecule has 0 aliphatic heterocycles. The van der Waals surface area contributed by atoms with Gasteiger partial charge in [0.25, 0.3) is 0 Å². The number of halogens is 1. The zero-order chi connectivity index (χ0) is 15.7. The molecule has 4 nitrogen and oxygen atoms in total. The van der Waals surface area contributed by atoms with Gasteiger partial charge in [-0.25, -0.2) is 4.18 Å². The first-order valence-corrected chi connectivity index (χ1v) is 8.49. The van der Waals surface area contributed by atoms with Crippen LogP contribution < -0.4 is 4.74 Å². The Kier molecular flexibility index (Phi) is 8.26. The number of alkyl halides is 1. The van der Waals surface area contributed by atoms with Crippen LogP contribution in [0.5, 0.6) is 5.75 Å². The number of rotatable bonds is 10. The molecule has 21 heavy (non-hydrogen) atoms. The predicted molar refractivity (Wildman–Crippen MR) is 85.5 cm³/mol. The van der Waals surface area contributed by atoms with E-state index in [1.165, 1.54) is 0 Å². The number of hydrogen-bond acceptors (Lipinski definition) is 4. The number of ether oxygens (including phenoxy) is 1. The normalized spacial score (nSPS) is 17.0. The molecule has 3 atom stereocenters. The summed E-state index contributed by atoms with van der Waals surface area (Å²) in [6.45, 7) is 5.84. The zero-order valence-corrected chi connectivity index (χ0v) is 14.3. The minimum absolute atomic E-state index is 0.294. The van der Waals surface area contributed by atoms with Crippen LogP contribution in [-0.2, 0) is 19.7 Å². The van der Waals surface area contributed by atoms with Gasteiger partial charge < -0.3 is 4.74 Å². The van der Waals surface area contributed by atoms with Gasteiger partial charge in [0, 0.05) is 0 Å². The average molecular weight is 335 g/mol. The number of unbranched alkanes of at least 4 members (excludes halogenated alkanes) is 1. The lowest BCUT2D eigenvalue weighted by Gasteiger charge is -2.28. The van der Waals surface area contributed by atoms with E-state index in [9.17, 15) is 4.21 Å². The van der Waals surface area contributed by atoms with E-state index in [1.54, 1.807) is 6.92 Å². The van der Waals surface area contributed by atoms with Gasteiger partial charge in [0.2, 0.25) is 0 Å². The molecule has 0 amide bonds. The molecule has 0 radical (unpaired) electrons. The molecule has 1 rings (SSSR count). The third-order valence-electron chi connectivity index (χ3n) is 2.83. The van der Waals surface area contributed by atoms with Crippen molar-refractivity contribution in [3.8, 4) is 5.75 Å². The van der Waals surface area contributed by atoms with E-state index in [2.05, 4.69) is 6.92 Å². The quantitative estimate of drug-likeness (QED) is 0.601. The highest BCUT2D eigenvalue weighted by molar-refractivity contribution is 7.75. The maximum atomic E-state index is 11.8. The van der Waals surface area contributed by atoms with Crippen LogP contribution in [0.2, 0.25) is 0 Å². The Morgan fingerprint density at radius 3 is 2.57 bits per heavy atom. The zero-order valence-electron chi connectivity index (χ0n) is 12.7. The van der Waals surface area contributed by atoms with Crippen LogP contribution >= 0.6 is 11.6 Å². The number of benzene rings is 1. The standard InChI is InChI=1S/C15H23ClO4S/c1-4-5-11-15(3,20-21(17)19-13(2)16)12-18-14-9-7-6-8-10-14/h6-10,13H,4-5,11-12H2,1-3H3. The van der Waals surface area contributed by atoms with E-state index >= 15 is 0 Å². The highest BCUT2D eigenvalue weighted by Gasteiger charge is 2.30. The second kappa shape index (κ2) is 9.41. The van der Waals surface area contributed by atoms with Crippen LogP contribution in [0.1, 0.15) is 40.0 Å². The molecule has 0 aromatic heterocycles. The van der Waals surface area contributed by atoms with Crippen LogP contribution in [0.15, 0.2) is 30.3 Å². The molecule has 0 fully saturated rings. The molecule has 0 bridgehead atoms. The van der Waals surface area contributed by atoms with Gasteiger partial charge in [0.05, 0.1) is 0 Å². The van der Waals surface area contributed by atoms with Crippen LogP contribution in [0.4, 0.5) is 0 Å². The Morgan fingerprint density at radius 1 is 1.33 bits per heavy atom. The summed E-state index contributed by atoms with van der Waals surface area (Å²) in [6, 6.07) is 9.46. The molecule has 0 spiro atoms. The van der Waals surface area contributed by atoms with Crippen molar-refractivity contribution in [2.75, 3.05) is 6.61 Å². The summed E-state index contributed by atoms with van der Waals surface area (Å²) in [6.07, 6.45) is 2.69. The lowest BCUT2D eigenvalue weighted by atomic mass is 10.0. The van der Waals surface area contributed by atoms with Gasteiger partial charge in [-0.15, -0.1) is 0 Å². The van der Waals surface area contributed by atoms with Gasteiger partial charge in [-0.1, -0.05) is 49.6 Å². The van der Waals surface area contributed by atoms with Crippen LogP contribution in [0.25, 0.3) is 0 Å². The van der Waals surface area contributed by atoms with Crippen molar-refractivity contribution in [1.29, 1.82) is 0 Å². The van der Waals surface area contributed by atoms with Crippen molar-refractivity contribution in [3.63, 3.8) is 0 Å². The van der Waals surface area contributed by atoms with Crippen molar-refractivity contribution in [2.24, 2.45) is 0 Å². The summed E-state index contributed by atoms with van der Waals surface area (Å²) in [7, 11) is 0. The van der Waals surface area contributed by atoms with Gasteiger partial charge in [-0.3, -0.25) is 4.18 Å². The first-order valence-electron chi connectivity index (χ1n) is 7.05. The SMILES string of the molecule is CCCCC(C)(COc1ccccc1)OS(=O)OC(C)Cl. The summed E-state index contributed by atoms with van der Waals surface area (Å²) in [4.78, 5) is 0. The monoisotopic (exact) mass is 334 g/mol. The van der Waals surface area contributed by atoms with Gasteiger partial charge in [0.15, 0.2) is 0 Å². The van der Waals surface area contributed by atoms with Crippen molar-refractivity contribution in [1.82, 2.24) is 0 Å². The predicted octanol–water partition coefficient (Wildman–Crippen LogP) is 4.21. The van der Waals surface area contributed by atoms with Crippen molar-refractivity contribution in [3.05, 3.63) is 30.3 Å². The second-order valence-electron chi connectivity index (χ2n) is 5.08. The fourth-order valence-electron chi connectivity index (χ4n) is 1.73. The fraction of sp³-hybridized carbons (Fsp3) is 0.600. The summed E-state index contributed by atoms with van der Waals surface area (Å²) >= 11 is 3.76. The summed E-state index contributed by atoms with van der Waals surface area (Å²) < 4.78 is 27.9. The first-order chi connectivity index (χ1) is 9.95. The number of para-hydroxylation sites is 1. The van der Waals surface area contributed by atoms with Crippen molar-refractivity contribution < 1.29 is 17.3 Å². The average Bonchev–Trinajstić information content (AvgIpc) is 2.43. The molecule has 3 unspecified atom stereocenters. The van der Waals surface area contributed by atoms with E-state index in [1.807, 2.05) is 37.3 Å². The third-order valence-corrected chi connectivity index (χ3v) is 4.01. The summed E-state index contributed by atoms with van der Waals surface area (Å²) in [5.41, 5.74) is -1.36. The maximum absolute atomic E-state index is 11.8. The van der Waals surface area contributed by atoms with Crippen molar-refractivity contribution in [2.45, 2.75) is 51.2 Å². The van der Waals surface area contributed by atoms with E-state index in [0.29, 0.717) is 6.61 Å². The maximum Gasteiger partial charge on any atom is 0.306 e. The molecule has 120 valence electrons. The highest BCUT2D eigenvalue weighted by Crippen LogP contribution is 2.23. The van der Waals surface area contributed by atoms with Gasteiger partial charge in [-0.05, 0) is 32.4 Å². The molecule has 6 heteroatoms. The molecule has 1 aromatic carbocycles. The largest absolute Gasteiger partial charge is 0.491 e. The Balaban J connectivity index is 2.61. The minimum atomic E-state index is -1.89. The summed E-state index contributed by atoms with van der Waals surface area (Å²) in [5.74, 6) is 0.751. The Labute approximate surface area is 134 Å². The molecule has 0 saturated heterocycles. The first kappa shape index (κ1) is 18.4. The second-order valence-corrected chi connectivity index (χ2v) is 6.46. The lowest BCUT2D eigenvalue weighted by Crippen LogP contribution is -2.37. The molecule has 0 aliphatic carbocycles. The van der Waals surface area contributed by atoms with Gasteiger partial charge in [-0.2, -0.15) is 4.21 Å². The van der Waals surface area contributed by atoms with E-state index < -0.39 is 22.5 Å². The Morgan fingerprint density at radius 2 is 2.00 bits per heavy atom. The fourth-order valence-corrected chi connectivity index (χ4v) is 2.63. The molecule has 0 aliphatic rings. The van der Waals surface area contributed by atoms with E-state index in [-0.39, 0.29) is 0 Å². The molecule has 1 aromatic rings. The Bertz CT molecular complexity index is 427. The van der Waals surface area contributed by atoms with Crippen LogP contribution in [0.3, 0.4) is 0 Å². The van der Waals surface area contributed by atoms with Crippen LogP contribution in [0, 0.1) is 0 Å². The molecular formula is C15H23ClO4S. The smallest absolute Gasteiger partial charge is 0.306 e.